The van der Waals surface area contributed by atoms with E-state index in [0.717, 1.165) is 46.3 Å². The number of nitrogens with two attached hydrogens (primary N) is 1. The Morgan fingerprint density at radius 3 is 2.70 bits per heavy atom. The van der Waals surface area contributed by atoms with Gasteiger partial charge >= 0.3 is 5.97 Å². The first-order valence-electron chi connectivity index (χ1n) is 11.3. The minimum Gasteiger partial charge on any atom is -0.474 e. The highest BCUT2D eigenvalue weighted by Gasteiger charge is 2.32. The first-order valence-corrected chi connectivity index (χ1v) is 11.3. The van der Waals surface area contributed by atoms with E-state index >= 15 is 0 Å². The molecule has 0 bridgehead atoms. The highest BCUT2D eigenvalue weighted by Crippen LogP contribution is 2.35. The van der Waals surface area contributed by atoms with Crippen LogP contribution in [-0.2, 0) is 16.7 Å². The van der Waals surface area contributed by atoms with Gasteiger partial charge in [0, 0.05) is 41.7 Å². The number of carbonyl (C=O) groups excluding carboxylic acids is 1. The van der Waals surface area contributed by atoms with Crippen molar-refractivity contribution < 1.29 is 19.4 Å². The molecule has 0 aromatic carbocycles. The lowest BCUT2D eigenvalue weighted by Crippen LogP contribution is -2.37. The highest BCUT2D eigenvalue weighted by atomic mass is 16.5. The average Bonchev–Trinajstić information content (AvgIpc) is 3.61. The Bertz CT molecular complexity index is 1240. The monoisotopic (exact) mass is 448 g/mol. The largest absolute Gasteiger partial charge is 0.474 e. The molecule has 3 atom stereocenters. The summed E-state index contributed by atoms with van der Waals surface area (Å²) in [5.74, 6) is 0.229. The van der Waals surface area contributed by atoms with Crippen LogP contribution in [0.4, 0.5) is 0 Å². The number of esters is 1. The van der Waals surface area contributed by atoms with E-state index < -0.39 is 5.54 Å². The number of nitrogens with zero attached hydrogens (tertiary/aromatic N) is 3. The Labute approximate surface area is 192 Å². The van der Waals surface area contributed by atoms with Crippen molar-refractivity contribution >= 4 is 16.7 Å². The van der Waals surface area contributed by atoms with Crippen LogP contribution in [0.3, 0.4) is 0 Å². The third kappa shape index (κ3) is 4.05. The van der Waals surface area contributed by atoms with Gasteiger partial charge in [-0.1, -0.05) is 6.92 Å². The molecule has 0 spiro atoms. The second kappa shape index (κ2) is 8.04. The van der Waals surface area contributed by atoms with Gasteiger partial charge in [0.2, 0.25) is 5.88 Å². The van der Waals surface area contributed by atoms with Crippen molar-refractivity contribution in [3.8, 4) is 5.88 Å². The van der Waals surface area contributed by atoms with E-state index in [-0.39, 0.29) is 30.7 Å². The molecule has 0 saturated heterocycles. The van der Waals surface area contributed by atoms with E-state index in [1.807, 2.05) is 26.0 Å². The zero-order valence-corrected chi connectivity index (χ0v) is 19.0. The van der Waals surface area contributed by atoms with Gasteiger partial charge in [-0.15, -0.1) is 0 Å². The van der Waals surface area contributed by atoms with Gasteiger partial charge in [-0.3, -0.25) is 9.97 Å². The van der Waals surface area contributed by atoms with Gasteiger partial charge < -0.3 is 20.3 Å². The van der Waals surface area contributed by atoms with Crippen LogP contribution in [0.5, 0.6) is 5.88 Å². The molecule has 1 fully saturated rings. The molecule has 3 aromatic heterocycles. The molecule has 1 unspecified atom stereocenters. The van der Waals surface area contributed by atoms with Gasteiger partial charge in [-0.25, -0.2) is 9.78 Å². The first-order chi connectivity index (χ1) is 15.8. The third-order valence-corrected chi connectivity index (χ3v) is 6.53. The van der Waals surface area contributed by atoms with Crippen LogP contribution in [0.2, 0.25) is 0 Å². The summed E-state index contributed by atoms with van der Waals surface area (Å²) in [6.07, 6.45) is 5.96. The summed E-state index contributed by atoms with van der Waals surface area (Å²) >= 11 is 0. The molecule has 5 rings (SSSR count). The maximum absolute atomic E-state index is 12.2. The molecule has 172 valence electrons. The van der Waals surface area contributed by atoms with Crippen LogP contribution in [0.15, 0.2) is 30.6 Å². The van der Waals surface area contributed by atoms with Gasteiger partial charge in [0.1, 0.15) is 12.2 Å². The zero-order valence-electron chi connectivity index (χ0n) is 19.0. The van der Waals surface area contributed by atoms with Crippen LogP contribution in [-0.4, -0.2) is 44.8 Å². The second-order valence-electron chi connectivity index (χ2n) is 9.40. The second-order valence-corrected chi connectivity index (χ2v) is 9.40. The standard InChI is InChI=1S/C25H28N4O4/c1-13-14(2)32-24(31)18-7-4-15(29-22(13)18)8-16-9-19-20(10-27-16)23(33-17-5-6-17)28-11-21(19)25(3,26)12-30/h4,7,9-11,13-14,17,30H,5-6,8,12,26H2,1-3H3/t13-,14-,25?/m0/s1. The molecule has 1 aliphatic heterocycles. The van der Waals surface area contributed by atoms with Crippen molar-refractivity contribution in [2.24, 2.45) is 5.73 Å². The molecule has 1 aliphatic carbocycles. The number of rotatable bonds is 6. The molecule has 1 saturated carbocycles. The fourth-order valence-electron chi connectivity index (χ4n) is 4.11. The van der Waals surface area contributed by atoms with E-state index in [1.54, 1.807) is 25.4 Å². The van der Waals surface area contributed by atoms with Crippen molar-refractivity contribution in [1.82, 2.24) is 15.0 Å². The zero-order chi connectivity index (χ0) is 23.3. The molecule has 4 heterocycles. The summed E-state index contributed by atoms with van der Waals surface area (Å²) in [7, 11) is 0. The smallest absolute Gasteiger partial charge is 0.340 e. The number of aliphatic hydroxyl groups is 1. The van der Waals surface area contributed by atoms with Crippen LogP contribution in [0.25, 0.3) is 10.8 Å². The SMILES string of the molecule is C[C@@H]1OC(=O)c2ccc(Cc3cc4c(C(C)(N)CO)cnc(OC5CC5)c4cn3)nc2[C@H]1C. The fourth-order valence-corrected chi connectivity index (χ4v) is 4.11. The number of aromatic nitrogens is 3. The predicted molar refractivity (Wildman–Crippen MR) is 122 cm³/mol. The summed E-state index contributed by atoms with van der Waals surface area (Å²) in [5.41, 5.74) is 9.05. The molecule has 8 heteroatoms. The molecular formula is C25H28N4O4. The Balaban J connectivity index is 1.54. The number of hydrogen-bond acceptors (Lipinski definition) is 8. The summed E-state index contributed by atoms with van der Waals surface area (Å²) in [5, 5.41) is 11.5. The van der Waals surface area contributed by atoms with Crippen molar-refractivity contribution in [3.63, 3.8) is 0 Å². The molecule has 33 heavy (non-hydrogen) atoms. The van der Waals surface area contributed by atoms with E-state index in [0.29, 0.717) is 17.9 Å². The van der Waals surface area contributed by atoms with Crippen LogP contribution in [0, 0.1) is 0 Å². The van der Waals surface area contributed by atoms with Gasteiger partial charge in [0.15, 0.2) is 0 Å². The first kappa shape index (κ1) is 21.7. The Hall–Kier alpha value is -3.10. The molecule has 0 amide bonds. The number of carbonyl (C=O) groups is 1. The molecular weight excluding hydrogens is 420 g/mol. The third-order valence-electron chi connectivity index (χ3n) is 6.53. The highest BCUT2D eigenvalue weighted by molar-refractivity contribution is 5.92. The van der Waals surface area contributed by atoms with Crippen LogP contribution < -0.4 is 10.5 Å². The van der Waals surface area contributed by atoms with E-state index in [9.17, 15) is 9.90 Å². The lowest BCUT2D eigenvalue weighted by Gasteiger charge is -2.27. The topological polar surface area (TPSA) is 120 Å². The van der Waals surface area contributed by atoms with Gasteiger partial charge in [-0.05, 0) is 50.3 Å². The van der Waals surface area contributed by atoms with Crippen LogP contribution >= 0.6 is 0 Å². The summed E-state index contributed by atoms with van der Waals surface area (Å²) in [6, 6.07) is 5.59. The maximum atomic E-state index is 12.2. The van der Waals surface area contributed by atoms with Gasteiger partial charge in [0.25, 0.3) is 0 Å². The summed E-state index contributed by atoms with van der Waals surface area (Å²) in [6.45, 7) is 5.45. The van der Waals surface area contributed by atoms with E-state index in [1.165, 1.54) is 0 Å². The molecule has 2 aliphatic rings. The number of aliphatic hydroxyl groups excluding tert-OH is 1. The number of hydrogen-bond donors (Lipinski definition) is 2. The maximum Gasteiger partial charge on any atom is 0.340 e. The Morgan fingerprint density at radius 1 is 1.18 bits per heavy atom. The Morgan fingerprint density at radius 2 is 1.97 bits per heavy atom. The van der Waals surface area contributed by atoms with Gasteiger partial charge in [-0.2, -0.15) is 0 Å². The van der Waals surface area contributed by atoms with Gasteiger partial charge in [0.05, 0.1) is 28.8 Å². The molecule has 8 nitrogen and oxygen atoms in total. The number of ether oxygens (including phenoxy) is 2. The number of cyclic esters (lactones) is 1. The van der Waals surface area contributed by atoms with E-state index in [2.05, 4.69) is 9.97 Å². The minimum absolute atomic E-state index is 0.0181. The Kier molecular flexibility index (Phi) is 5.29. The lowest BCUT2D eigenvalue weighted by atomic mass is 9.91. The predicted octanol–water partition coefficient (Wildman–Crippen LogP) is 2.99. The van der Waals surface area contributed by atoms with Crippen molar-refractivity contribution in [2.45, 2.75) is 63.7 Å². The lowest BCUT2D eigenvalue weighted by molar-refractivity contribution is 0.0234. The van der Waals surface area contributed by atoms with Crippen molar-refractivity contribution in [1.29, 1.82) is 0 Å². The average molecular weight is 449 g/mol. The summed E-state index contributed by atoms with van der Waals surface area (Å²) < 4.78 is 11.4. The number of fused-ring (bicyclic) bond motifs is 2. The van der Waals surface area contributed by atoms with Crippen molar-refractivity contribution in [3.05, 3.63) is 58.8 Å². The van der Waals surface area contributed by atoms with E-state index in [4.69, 9.17) is 20.2 Å². The fraction of sp³-hybridized carbons (Fsp3) is 0.440. The molecule has 0 radical (unpaired) electrons. The van der Waals surface area contributed by atoms with Crippen molar-refractivity contribution in [2.75, 3.05) is 6.61 Å². The van der Waals surface area contributed by atoms with Crippen LogP contribution in [0.1, 0.15) is 72.5 Å². The minimum atomic E-state index is -0.960. The summed E-state index contributed by atoms with van der Waals surface area (Å²) in [4.78, 5) is 26.1. The molecule has 3 aromatic rings. The quantitative estimate of drug-likeness (QED) is 0.552. The normalized spacial score (nSPS) is 21.9. The molecule has 3 N–H and O–H groups in total. The number of pyridine rings is 3.